The lowest BCUT2D eigenvalue weighted by molar-refractivity contribution is 0.0954. The lowest BCUT2D eigenvalue weighted by atomic mass is 10.2. The molecule has 0 atom stereocenters. The minimum atomic E-state index is -0.199. The number of carbonyl (C=O) groups is 1. The molecule has 3 nitrogen and oxygen atoms in total. The van der Waals surface area contributed by atoms with Crippen molar-refractivity contribution < 1.29 is 4.79 Å². The molecule has 1 aromatic rings. The number of halogens is 1. The fourth-order valence-electron chi connectivity index (χ4n) is 1.00. The maximum atomic E-state index is 11.6. The van der Waals surface area contributed by atoms with Crippen LogP contribution in [0.3, 0.4) is 0 Å². The molecule has 0 saturated heterocycles. The Morgan fingerprint density at radius 3 is 2.93 bits per heavy atom. The van der Waals surface area contributed by atoms with Crippen molar-refractivity contribution in [1.82, 2.24) is 5.43 Å². The van der Waals surface area contributed by atoms with Crippen LogP contribution in [0.25, 0.3) is 0 Å². The molecular weight excluding hydrogens is 256 g/mol. The van der Waals surface area contributed by atoms with Crippen LogP contribution in [0.15, 0.2) is 33.8 Å². The number of hydrogen-bond donors (Lipinski definition) is 1. The summed E-state index contributed by atoms with van der Waals surface area (Å²) >= 11 is 3.31. The second-order valence-electron chi connectivity index (χ2n) is 3.02. The Labute approximate surface area is 97.7 Å². The molecule has 0 unspecified atom stereocenters. The van der Waals surface area contributed by atoms with Crippen LogP contribution in [-0.4, -0.2) is 12.1 Å². The van der Waals surface area contributed by atoms with Gasteiger partial charge in [-0.05, 0) is 34.5 Å². The van der Waals surface area contributed by atoms with Crippen LogP contribution < -0.4 is 5.43 Å². The average Bonchev–Trinajstić information content (AvgIpc) is 2.25. The van der Waals surface area contributed by atoms with Gasteiger partial charge >= 0.3 is 0 Å². The van der Waals surface area contributed by atoms with Crippen molar-refractivity contribution in [2.75, 3.05) is 0 Å². The van der Waals surface area contributed by atoms with E-state index in [1.165, 1.54) is 0 Å². The lowest BCUT2D eigenvalue weighted by Gasteiger charge is -2.01. The van der Waals surface area contributed by atoms with Gasteiger partial charge in [-0.25, -0.2) is 5.43 Å². The lowest BCUT2D eigenvalue weighted by Crippen LogP contribution is -2.17. The first kappa shape index (κ1) is 11.9. The third-order valence-electron chi connectivity index (χ3n) is 1.79. The maximum Gasteiger partial charge on any atom is 0.272 e. The molecule has 0 aromatic heterocycles. The Morgan fingerprint density at radius 2 is 2.27 bits per heavy atom. The Bertz CT molecular complexity index is 363. The van der Waals surface area contributed by atoms with E-state index in [1.807, 2.05) is 18.2 Å². The fourth-order valence-corrected chi connectivity index (χ4v) is 1.47. The molecule has 1 N–H and O–H groups in total. The zero-order valence-corrected chi connectivity index (χ0v) is 10.1. The zero-order chi connectivity index (χ0) is 11.1. The van der Waals surface area contributed by atoms with Crippen molar-refractivity contribution in [3.63, 3.8) is 0 Å². The Hall–Kier alpha value is -1.16. The van der Waals surface area contributed by atoms with Gasteiger partial charge in [-0.3, -0.25) is 4.79 Å². The van der Waals surface area contributed by atoms with Gasteiger partial charge in [-0.15, -0.1) is 0 Å². The van der Waals surface area contributed by atoms with E-state index in [2.05, 4.69) is 33.4 Å². The Kier molecular flexibility index (Phi) is 5.04. The summed E-state index contributed by atoms with van der Waals surface area (Å²) in [5.41, 5.74) is 3.06. The highest BCUT2D eigenvalue weighted by Gasteiger charge is 2.06. The minimum absolute atomic E-state index is 0.199. The van der Waals surface area contributed by atoms with Crippen LogP contribution >= 0.6 is 15.9 Å². The van der Waals surface area contributed by atoms with E-state index in [4.69, 9.17) is 0 Å². The highest BCUT2D eigenvalue weighted by molar-refractivity contribution is 9.10. The number of nitrogens with one attached hydrogen (secondary N) is 1. The number of nitrogens with zero attached hydrogens (tertiary/aromatic N) is 1. The van der Waals surface area contributed by atoms with Gasteiger partial charge < -0.3 is 0 Å². The van der Waals surface area contributed by atoms with Crippen molar-refractivity contribution in [3.8, 4) is 0 Å². The average molecular weight is 269 g/mol. The zero-order valence-electron chi connectivity index (χ0n) is 8.53. The number of benzene rings is 1. The summed E-state index contributed by atoms with van der Waals surface area (Å²) < 4.78 is 0.771. The van der Waals surface area contributed by atoms with Crippen molar-refractivity contribution in [2.24, 2.45) is 5.10 Å². The molecular formula is C11H13BrN2O. The van der Waals surface area contributed by atoms with Gasteiger partial charge in [0, 0.05) is 10.7 Å². The molecule has 0 heterocycles. The van der Waals surface area contributed by atoms with Crippen molar-refractivity contribution in [1.29, 1.82) is 0 Å². The van der Waals surface area contributed by atoms with Gasteiger partial charge in [0.1, 0.15) is 0 Å². The summed E-state index contributed by atoms with van der Waals surface area (Å²) in [6.07, 6.45) is 3.60. The molecule has 0 fully saturated rings. The van der Waals surface area contributed by atoms with Crippen LogP contribution in [0, 0.1) is 0 Å². The first-order valence-electron chi connectivity index (χ1n) is 4.82. The molecule has 80 valence electrons. The summed E-state index contributed by atoms with van der Waals surface area (Å²) in [6, 6.07) is 7.25. The Balaban J connectivity index is 2.58. The van der Waals surface area contributed by atoms with Crippen molar-refractivity contribution >= 4 is 28.1 Å². The van der Waals surface area contributed by atoms with E-state index < -0.39 is 0 Å². The molecule has 0 spiro atoms. The van der Waals surface area contributed by atoms with E-state index in [1.54, 1.807) is 12.3 Å². The molecule has 1 rings (SSSR count). The molecule has 0 aliphatic heterocycles. The molecule has 4 heteroatoms. The SMILES string of the molecule is CCCC=NNC(=O)c1ccccc1Br. The summed E-state index contributed by atoms with van der Waals surface area (Å²) in [6.45, 7) is 2.06. The van der Waals surface area contributed by atoms with Gasteiger partial charge in [0.15, 0.2) is 0 Å². The van der Waals surface area contributed by atoms with Gasteiger partial charge in [-0.2, -0.15) is 5.10 Å². The van der Waals surface area contributed by atoms with E-state index in [9.17, 15) is 4.79 Å². The van der Waals surface area contributed by atoms with E-state index >= 15 is 0 Å². The largest absolute Gasteiger partial charge is 0.272 e. The van der Waals surface area contributed by atoms with Crippen LogP contribution in [0.1, 0.15) is 30.1 Å². The summed E-state index contributed by atoms with van der Waals surface area (Å²) in [4.78, 5) is 11.6. The van der Waals surface area contributed by atoms with Crippen molar-refractivity contribution in [3.05, 3.63) is 34.3 Å². The molecule has 0 saturated carbocycles. The second kappa shape index (κ2) is 6.35. The van der Waals surface area contributed by atoms with Crippen LogP contribution in [0.2, 0.25) is 0 Å². The highest BCUT2D eigenvalue weighted by atomic mass is 79.9. The van der Waals surface area contributed by atoms with Gasteiger partial charge in [0.2, 0.25) is 0 Å². The van der Waals surface area contributed by atoms with E-state index in [-0.39, 0.29) is 5.91 Å². The minimum Gasteiger partial charge on any atom is -0.267 e. The van der Waals surface area contributed by atoms with Gasteiger partial charge in [0.25, 0.3) is 5.91 Å². The topological polar surface area (TPSA) is 41.5 Å². The number of amides is 1. The highest BCUT2D eigenvalue weighted by Crippen LogP contribution is 2.15. The smallest absolute Gasteiger partial charge is 0.267 e. The van der Waals surface area contributed by atoms with Crippen LogP contribution in [0.4, 0.5) is 0 Å². The first-order chi connectivity index (χ1) is 7.25. The van der Waals surface area contributed by atoms with E-state index in [0.717, 1.165) is 17.3 Å². The number of hydrazone groups is 1. The molecule has 0 radical (unpaired) electrons. The quantitative estimate of drug-likeness (QED) is 0.662. The molecule has 0 aliphatic rings. The number of hydrogen-bond acceptors (Lipinski definition) is 2. The van der Waals surface area contributed by atoms with Crippen LogP contribution in [-0.2, 0) is 0 Å². The van der Waals surface area contributed by atoms with Gasteiger partial charge in [0.05, 0.1) is 5.56 Å². The summed E-state index contributed by atoms with van der Waals surface area (Å²) in [5, 5.41) is 3.83. The van der Waals surface area contributed by atoms with Gasteiger partial charge in [-0.1, -0.05) is 25.5 Å². The predicted octanol–water partition coefficient (Wildman–Crippen LogP) is 2.96. The first-order valence-corrected chi connectivity index (χ1v) is 5.61. The maximum absolute atomic E-state index is 11.6. The summed E-state index contributed by atoms with van der Waals surface area (Å²) in [7, 11) is 0. The second-order valence-corrected chi connectivity index (χ2v) is 3.88. The number of rotatable bonds is 4. The standard InChI is InChI=1S/C11H13BrN2O/c1-2-3-8-13-14-11(15)9-6-4-5-7-10(9)12/h4-8H,2-3H2,1H3,(H,14,15). The molecule has 15 heavy (non-hydrogen) atoms. The normalized spacial score (nSPS) is 10.5. The number of unbranched alkanes of at least 4 members (excludes halogenated alkanes) is 1. The third kappa shape index (κ3) is 3.83. The third-order valence-corrected chi connectivity index (χ3v) is 2.49. The van der Waals surface area contributed by atoms with Crippen LogP contribution in [0.5, 0.6) is 0 Å². The summed E-state index contributed by atoms with van der Waals surface area (Å²) in [5.74, 6) is -0.199. The Morgan fingerprint density at radius 1 is 1.53 bits per heavy atom. The number of carbonyl (C=O) groups excluding carboxylic acids is 1. The van der Waals surface area contributed by atoms with Crippen molar-refractivity contribution in [2.45, 2.75) is 19.8 Å². The van der Waals surface area contributed by atoms with E-state index in [0.29, 0.717) is 5.56 Å². The predicted molar refractivity (Wildman–Crippen MR) is 65.0 cm³/mol. The monoisotopic (exact) mass is 268 g/mol. The molecule has 1 amide bonds. The molecule has 1 aromatic carbocycles. The molecule has 0 aliphatic carbocycles. The fraction of sp³-hybridized carbons (Fsp3) is 0.273. The molecule has 0 bridgehead atoms.